The summed E-state index contributed by atoms with van der Waals surface area (Å²) < 4.78 is 5.49. The lowest BCUT2D eigenvalue weighted by molar-refractivity contribution is -0.139. The van der Waals surface area contributed by atoms with E-state index in [4.69, 9.17) is 4.74 Å². The molecule has 2 rings (SSSR count). The predicted octanol–water partition coefficient (Wildman–Crippen LogP) is 2.21. The van der Waals surface area contributed by atoms with Crippen LogP contribution in [0.2, 0.25) is 0 Å². The zero-order chi connectivity index (χ0) is 14.5. The summed E-state index contributed by atoms with van der Waals surface area (Å²) in [5, 5.41) is 9.47. The zero-order valence-corrected chi connectivity index (χ0v) is 12.2. The van der Waals surface area contributed by atoms with E-state index in [1.807, 2.05) is 30.3 Å². The molecule has 0 spiro atoms. The van der Waals surface area contributed by atoms with Crippen molar-refractivity contribution in [1.29, 1.82) is 0 Å². The molecule has 0 aliphatic carbocycles. The van der Waals surface area contributed by atoms with Gasteiger partial charge in [-0.05, 0) is 24.4 Å². The summed E-state index contributed by atoms with van der Waals surface area (Å²) in [5.74, 6) is -0.692. The number of ether oxygens (including phenoxy) is 1. The van der Waals surface area contributed by atoms with Crippen LogP contribution in [0.25, 0.3) is 0 Å². The lowest BCUT2D eigenvalue weighted by Gasteiger charge is -2.37. The molecule has 4 nitrogen and oxygen atoms in total. The van der Waals surface area contributed by atoms with Crippen LogP contribution in [0.1, 0.15) is 24.8 Å². The molecule has 0 aromatic heterocycles. The van der Waals surface area contributed by atoms with Crippen LogP contribution in [0.3, 0.4) is 0 Å². The number of carboxylic acid groups (broad SMARTS) is 1. The van der Waals surface area contributed by atoms with Gasteiger partial charge in [-0.3, -0.25) is 9.69 Å². The quantitative estimate of drug-likeness (QED) is 0.896. The summed E-state index contributed by atoms with van der Waals surface area (Å²) in [7, 11) is 1.73. The Labute approximate surface area is 120 Å². The molecule has 1 heterocycles. The SMILES string of the molecule is COC1CN(CC(C(=O)O)c2ccccc2)CCC1C. The van der Waals surface area contributed by atoms with Gasteiger partial charge in [-0.25, -0.2) is 0 Å². The van der Waals surface area contributed by atoms with Gasteiger partial charge in [-0.1, -0.05) is 37.3 Å². The average molecular weight is 277 g/mol. The maximum absolute atomic E-state index is 11.5. The first-order valence-corrected chi connectivity index (χ1v) is 7.14. The third kappa shape index (κ3) is 3.58. The van der Waals surface area contributed by atoms with Gasteiger partial charge in [0, 0.05) is 20.2 Å². The third-order valence-electron chi connectivity index (χ3n) is 4.22. The lowest BCUT2D eigenvalue weighted by atomic mass is 9.93. The molecule has 1 aromatic rings. The van der Waals surface area contributed by atoms with Crippen LogP contribution in [-0.4, -0.2) is 48.8 Å². The molecule has 110 valence electrons. The Kier molecular flexibility index (Phi) is 5.15. The number of nitrogens with zero attached hydrogens (tertiary/aromatic N) is 1. The second kappa shape index (κ2) is 6.86. The van der Waals surface area contributed by atoms with Crippen LogP contribution in [0.5, 0.6) is 0 Å². The number of aliphatic carboxylic acids is 1. The number of hydrogen-bond donors (Lipinski definition) is 1. The summed E-state index contributed by atoms with van der Waals surface area (Å²) in [5.41, 5.74) is 0.868. The van der Waals surface area contributed by atoms with Crippen LogP contribution >= 0.6 is 0 Å². The summed E-state index contributed by atoms with van der Waals surface area (Å²) >= 11 is 0. The van der Waals surface area contributed by atoms with Crippen LogP contribution in [0.15, 0.2) is 30.3 Å². The highest BCUT2D eigenvalue weighted by atomic mass is 16.5. The Morgan fingerprint density at radius 2 is 2.15 bits per heavy atom. The first-order valence-electron chi connectivity index (χ1n) is 7.14. The maximum Gasteiger partial charge on any atom is 0.312 e. The monoisotopic (exact) mass is 277 g/mol. The Bertz CT molecular complexity index is 435. The molecule has 1 fully saturated rings. The van der Waals surface area contributed by atoms with Gasteiger partial charge in [0.1, 0.15) is 0 Å². The highest BCUT2D eigenvalue weighted by molar-refractivity contribution is 5.76. The molecule has 4 heteroatoms. The standard InChI is InChI=1S/C16H23NO3/c1-12-8-9-17(11-15(12)20-2)10-14(16(18)19)13-6-4-3-5-7-13/h3-7,12,14-15H,8-11H2,1-2H3,(H,18,19). The fourth-order valence-corrected chi connectivity index (χ4v) is 2.84. The number of methoxy groups -OCH3 is 1. The molecule has 3 unspecified atom stereocenters. The van der Waals surface area contributed by atoms with Crippen molar-refractivity contribution in [2.45, 2.75) is 25.4 Å². The minimum absolute atomic E-state index is 0.203. The highest BCUT2D eigenvalue weighted by Crippen LogP contribution is 2.23. The number of likely N-dealkylation sites (tertiary alicyclic amines) is 1. The first-order chi connectivity index (χ1) is 9.61. The topological polar surface area (TPSA) is 49.8 Å². The Balaban J connectivity index is 2.04. The second-order valence-electron chi connectivity index (χ2n) is 5.60. The second-order valence-corrected chi connectivity index (χ2v) is 5.60. The van der Waals surface area contributed by atoms with Gasteiger partial charge < -0.3 is 9.84 Å². The van der Waals surface area contributed by atoms with Crippen LogP contribution < -0.4 is 0 Å². The minimum atomic E-state index is -0.760. The van der Waals surface area contributed by atoms with E-state index < -0.39 is 11.9 Å². The van der Waals surface area contributed by atoms with Crippen molar-refractivity contribution in [3.8, 4) is 0 Å². The van der Waals surface area contributed by atoms with E-state index in [1.165, 1.54) is 0 Å². The van der Waals surface area contributed by atoms with E-state index in [2.05, 4.69) is 11.8 Å². The third-order valence-corrected chi connectivity index (χ3v) is 4.22. The van der Waals surface area contributed by atoms with Crippen molar-refractivity contribution in [1.82, 2.24) is 4.90 Å². The van der Waals surface area contributed by atoms with Crippen molar-refractivity contribution in [3.05, 3.63) is 35.9 Å². The summed E-state index contributed by atoms with van der Waals surface area (Å²) in [6.07, 6.45) is 1.26. The van der Waals surface area contributed by atoms with Gasteiger partial charge in [0.2, 0.25) is 0 Å². The molecule has 0 saturated carbocycles. The molecule has 1 aliphatic rings. The van der Waals surface area contributed by atoms with Gasteiger partial charge in [-0.15, -0.1) is 0 Å². The van der Waals surface area contributed by atoms with Crippen molar-refractivity contribution in [3.63, 3.8) is 0 Å². The minimum Gasteiger partial charge on any atom is -0.481 e. The molecular weight excluding hydrogens is 254 g/mol. The predicted molar refractivity (Wildman–Crippen MR) is 77.8 cm³/mol. The van der Waals surface area contributed by atoms with Crippen LogP contribution in [-0.2, 0) is 9.53 Å². The molecule has 1 N–H and O–H groups in total. The fourth-order valence-electron chi connectivity index (χ4n) is 2.84. The van der Waals surface area contributed by atoms with E-state index in [1.54, 1.807) is 7.11 Å². The molecule has 1 aromatic carbocycles. The number of benzene rings is 1. The van der Waals surface area contributed by atoms with E-state index in [0.717, 1.165) is 25.1 Å². The number of hydrogen-bond acceptors (Lipinski definition) is 3. The molecule has 20 heavy (non-hydrogen) atoms. The molecular formula is C16H23NO3. The molecule has 0 bridgehead atoms. The summed E-state index contributed by atoms with van der Waals surface area (Å²) in [6, 6.07) is 9.47. The first kappa shape index (κ1) is 15.0. The van der Waals surface area contributed by atoms with Crippen LogP contribution in [0, 0.1) is 5.92 Å². The Morgan fingerprint density at radius 3 is 2.75 bits per heavy atom. The van der Waals surface area contributed by atoms with Crippen molar-refractivity contribution >= 4 is 5.97 Å². The van der Waals surface area contributed by atoms with E-state index in [0.29, 0.717) is 12.5 Å². The largest absolute Gasteiger partial charge is 0.481 e. The van der Waals surface area contributed by atoms with Gasteiger partial charge >= 0.3 is 5.97 Å². The van der Waals surface area contributed by atoms with E-state index in [9.17, 15) is 9.90 Å². The number of carboxylic acids is 1. The Morgan fingerprint density at radius 1 is 1.45 bits per heavy atom. The number of rotatable bonds is 5. The molecule has 1 aliphatic heterocycles. The molecule has 1 saturated heterocycles. The average Bonchev–Trinajstić information content (AvgIpc) is 2.47. The van der Waals surface area contributed by atoms with Crippen molar-refractivity contribution < 1.29 is 14.6 Å². The maximum atomic E-state index is 11.5. The lowest BCUT2D eigenvalue weighted by Crippen LogP contribution is -2.46. The van der Waals surface area contributed by atoms with Crippen molar-refractivity contribution in [2.75, 3.05) is 26.7 Å². The van der Waals surface area contributed by atoms with E-state index in [-0.39, 0.29) is 6.10 Å². The highest BCUT2D eigenvalue weighted by Gasteiger charge is 2.29. The number of carbonyl (C=O) groups is 1. The van der Waals surface area contributed by atoms with Gasteiger partial charge in [-0.2, -0.15) is 0 Å². The number of piperidine rings is 1. The molecule has 0 amide bonds. The normalized spacial score (nSPS) is 25.3. The fraction of sp³-hybridized carbons (Fsp3) is 0.562. The van der Waals surface area contributed by atoms with Crippen molar-refractivity contribution in [2.24, 2.45) is 5.92 Å². The van der Waals surface area contributed by atoms with Gasteiger partial charge in [0.05, 0.1) is 12.0 Å². The van der Waals surface area contributed by atoms with E-state index >= 15 is 0 Å². The smallest absolute Gasteiger partial charge is 0.312 e. The summed E-state index contributed by atoms with van der Waals surface area (Å²) in [6.45, 7) is 4.50. The Hall–Kier alpha value is -1.39. The van der Waals surface area contributed by atoms with Crippen LogP contribution in [0.4, 0.5) is 0 Å². The molecule has 3 atom stereocenters. The summed E-state index contributed by atoms with van der Waals surface area (Å²) in [4.78, 5) is 13.7. The van der Waals surface area contributed by atoms with Gasteiger partial charge in [0.25, 0.3) is 0 Å². The zero-order valence-electron chi connectivity index (χ0n) is 12.2. The molecule has 0 radical (unpaired) electrons. The van der Waals surface area contributed by atoms with Gasteiger partial charge in [0.15, 0.2) is 0 Å².